The van der Waals surface area contributed by atoms with Crippen molar-refractivity contribution >= 4 is 64.5 Å². The molecule has 2 fully saturated rings. The summed E-state index contributed by atoms with van der Waals surface area (Å²) in [5, 5.41) is 10.0. The summed E-state index contributed by atoms with van der Waals surface area (Å²) in [5.74, 6) is -1.04. The smallest absolute Gasteiger partial charge is 0.306 e. The second-order valence-electron chi connectivity index (χ2n) is 9.91. The van der Waals surface area contributed by atoms with Gasteiger partial charge in [0.05, 0.1) is 22.2 Å². The lowest BCUT2D eigenvalue weighted by molar-refractivity contribution is -0.142. The van der Waals surface area contributed by atoms with Crippen molar-refractivity contribution in [1.82, 2.24) is 9.80 Å². The van der Waals surface area contributed by atoms with Crippen LogP contribution in [0.1, 0.15) is 29.0 Å². The molecule has 0 atom stereocenters. The van der Waals surface area contributed by atoms with Crippen molar-refractivity contribution in [2.45, 2.75) is 22.6 Å². The number of nitrogens with zero attached hydrogens (tertiary/aromatic N) is 3. The van der Waals surface area contributed by atoms with Gasteiger partial charge in [0.25, 0.3) is 5.91 Å². The number of anilines is 1. The quantitative estimate of drug-likeness (QED) is 0.325. The Bertz CT molecular complexity index is 1450. The number of hydrogen-bond donors (Lipinski definition) is 1. The number of carboxylic acid groups (broad SMARTS) is 1. The van der Waals surface area contributed by atoms with Crippen molar-refractivity contribution in [3.8, 4) is 0 Å². The Morgan fingerprint density at radius 2 is 1.63 bits per heavy atom. The van der Waals surface area contributed by atoms with E-state index in [0.717, 1.165) is 15.5 Å². The number of carbonyl (C=O) groups is 3. The fraction of sp³-hybridized carbons (Fsp3) is 0.300. The average molecular weight is 615 g/mol. The standard InChI is InChI=1S/C30H29Cl2N3O5S/c31-27-20(7-9-26(36)34-14-16-35(17-15-34)29(37)24-5-2-18-40-24)6-8-25(28(27)32)41-23-4-1-3-22(19-23)33-12-10-21(11-13-33)30(38)39/h1-9,18-19,21H,10-17H2,(H,38,39)/b9-7+. The van der Waals surface area contributed by atoms with E-state index in [-0.39, 0.29) is 17.7 Å². The van der Waals surface area contributed by atoms with Gasteiger partial charge in [0.15, 0.2) is 5.76 Å². The van der Waals surface area contributed by atoms with Gasteiger partial charge in [0.1, 0.15) is 0 Å². The Hall–Kier alpha value is -3.40. The van der Waals surface area contributed by atoms with E-state index >= 15 is 0 Å². The number of carbonyl (C=O) groups excluding carboxylic acids is 2. The van der Waals surface area contributed by atoms with E-state index in [1.165, 1.54) is 24.1 Å². The van der Waals surface area contributed by atoms with Crippen molar-refractivity contribution in [3.63, 3.8) is 0 Å². The van der Waals surface area contributed by atoms with Gasteiger partial charge in [-0.15, -0.1) is 0 Å². The number of carboxylic acids is 1. The highest BCUT2D eigenvalue weighted by Crippen LogP contribution is 2.40. The number of piperidine rings is 1. The van der Waals surface area contributed by atoms with Gasteiger partial charge in [-0.25, -0.2) is 0 Å². The number of halogens is 2. The second kappa shape index (κ2) is 13.1. The molecule has 3 aromatic rings. The predicted octanol–water partition coefficient (Wildman–Crippen LogP) is 6.04. The molecule has 5 rings (SSSR count). The van der Waals surface area contributed by atoms with E-state index in [1.807, 2.05) is 30.3 Å². The molecule has 0 radical (unpaired) electrons. The Morgan fingerprint density at radius 3 is 2.32 bits per heavy atom. The fourth-order valence-electron chi connectivity index (χ4n) is 4.96. The molecule has 1 N–H and O–H groups in total. The molecule has 41 heavy (non-hydrogen) atoms. The molecule has 0 spiro atoms. The fourth-order valence-corrected chi connectivity index (χ4v) is 6.44. The van der Waals surface area contributed by atoms with Crippen LogP contribution in [0.4, 0.5) is 5.69 Å². The van der Waals surface area contributed by atoms with Crippen LogP contribution in [0.15, 0.2) is 75.1 Å². The minimum atomic E-state index is -0.722. The summed E-state index contributed by atoms with van der Waals surface area (Å²) in [6, 6.07) is 15.1. The highest BCUT2D eigenvalue weighted by Gasteiger charge is 2.26. The van der Waals surface area contributed by atoms with Crippen LogP contribution in [0, 0.1) is 5.92 Å². The molecule has 11 heteroatoms. The maximum Gasteiger partial charge on any atom is 0.306 e. The van der Waals surface area contributed by atoms with E-state index in [1.54, 1.807) is 28.0 Å². The Morgan fingerprint density at radius 1 is 0.902 bits per heavy atom. The Kier molecular flexibility index (Phi) is 9.27. The highest BCUT2D eigenvalue weighted by molar-refractivity contribution is 7.99. The molecule has 1 aromatic heterocycles. The van der Waals surface area contributed by atoms with Gasteiger partial charge >= 0.3 is 5.97 Å². The average Bonchev–Trinajstić information content (AvgIpc) is 3.54. The summed E-state index contributed by atoms with van der Waals surface area (Å²) >= 11 is 14.7. The third-order valence-electron chi connectivity index (χ3n) is 7.35. The van der Waals surface area contributed by atoms with Crippen molar-refractivity contribution in [3.05, 3.63) is 82.2 Å². The van der Waals surface area contributed by atoms with Crippen LogP contribution >= 0.6 is 35.0 Å². The van der Waals surface area contributed by atoms with Gasteiger partial charge in [0.2, 0.25) is 5.91 Å². The van der Waals surface area contributed by atoms with Gasteiger partial charge in [0, 0.05) is 60.8 Å². The predicted molar refractivity (Wildman–Crippen MR) is 160 cm³/mol. The molecule has 0 saturated carbocycles. The van der Waals surface area contributed by atoms with E-state index in [9.17, 15) is 19.5 Å². The molecule has 2 aliphatic rings. The summed E-state index contributed by atoms with van der Waals surface area (Å²) in [6.45, 7) is 3.12. The van der Waals surface area contributed by atoms with Gasteiger partial charge < -0.3 is 24.2 Å². The lowest BCUT2D eigenvalue weighted by Crippen LogP contribution is -2.50. The van der Waals surface area contributed by atoms with Crippen molar-refractivity contribution in [1.29, 1.82) is 0 Å². The Labute approximate surface area is 252 Å². The lowest BCUT2D eigenvalue weighted by Gasteiger charge is -2.33. The number of aliphatic carboxylic acids is 1. The number of hydrogen-bond acceptors (Lipinski definition) is 6. The third kappa shape index (κ3) is 6.92. The normalized spacial score (nSPS) is 16.4. The minimum absolute atomic E-state index is 0.162. The summed E-state index contributed by atoms with van der Waals surface area (Å²) in [5.41, 5.74) is 1.68. The molecule has 2 amide bonds. The van der Waals surface area contributed by atoms with E-state index in [0.29, 0.717) is 73.5 Å². The first-order valence-electron chi connectivity index (χ1n) is 13.3. The van der Waals surface area contributed by atoms with Gasteiger partial charge in [-0.1, -0.05) is 47.1 Å². The van der Waals surface area contributed by atoms with Crippen molar-refractivity contribution in [2.75, 3.05) is 44.2 Å². The second-order valence-corrected chi connectivity index (χ2v) is 11.8. The number of benzene rings is 2. The zero-order valence-corrected chi connectivity index (χ0v) is 24.5. The van der Waals surface area contributed by atoms with Crippen LogP contribution in [0.5, 0.6) is 0 Å². The number of piperazine rings is 1. The third-order valence-corrected chi connectivity index (χ3v) is 9.41. The molecule has 2 aromatic carbocycles. The number of furan rings is 1. The van der Waals surface area contributed by atoms with Crippen molar-refractivity contribution in [2.24, 2.45) is 5.92 Å². The molecule has 2 saturated heterocycles. The van der Waals surface area contributed by atoms with E-state index in [4.69, 9.17) is 27.6 Å². The maximum atomic E-state index is 12.8. The Balaban J connectivity index is 1.18. The van der Waals surface area contributed by atoms with Gasteiger partial charge in [-0.05, 0) is 60.9 Å². The molecule has 2 aliphatic heterocycles. The number of amides is 2. The van der Waals surface area contributed by atoms with Crippen LogP contribution in [-0.4, -0.2) is 72.0 Å². The zero-order chi connectivity index (χ0) is 28.9. The maximum absolute atomic E-state index is 12.8. The highest BCUT2D eigenvalue weighted by atomic mass is 35.5. The number of rotatable bonds is 7. The van der Waals surface area contributed by atoms with E-state index in [2.05, 4.69) is 11.0 Å². The summed E-state index contributed by atoms with van der Waals surface area (Å²) < 4.78 is 5.19. The van der Waals surface area contributed by atoms with Crippen LogP contribution < -0.4 is 4.90 Å². The summed E-state index contributed by atoms with van der Waals surface area (Å²) in [4.78, 5) is 43.9. The molecular formula is C30H29Cl2N3O5S. The SMILES string of the molecule is O=C(O)C1CCN(c2cccc(Sc3ccc(/C=C/C(=O)N4CCN(C(=O)c5ccco5)CC4)c(Cl)c3Cl)c2)CC1. The largest absolute Gasteiger partial charge is 0.481 e. The van der Waals surface area contributed by atoms with Crippen LogP contribution in [-0.2, 0) is 9.59 Å². The summed E-state index contributed by atoms with van der Waals surface area (Å²) in [7, 11) is 0. The summed E-state index contributed by atoms with van der Waals surface area (Å²) in [6.07, 6.45) is 5.87. The minimum Gasteiger partial charge on any atom is -0.481 e. The first-order valence-corrected chi connectivity index (χ1v) is 14.9. The van der Waals surface area contributed by atoms with Crippen molar-refractivity contribution < 1.29 is 23.9 Å². The zero-order valence-electron chi connectivity index (χ0n) is 22.2. The molecule has 3 heterocycles. The molecular weight excluding hydrogens is 585 g/mol. The molecule has 0 aliphatic carbocycles. The lowest BCUT2D eigenvalue weighted by atomic mass is 9.97. The van der Waals surface area contributed by atoms with Crippen LogP contribution in [0.25, 0.3) is 6.08 Å². The van der Waals surface area contributed by atoms with Gasteiger partial charge in [-0.3, -0.25) is 14.4 Å². The van der Waals surface area contributed by atoms with E-state index < -0.39 is 5.97 Å². The molecule has 0 unspecified atom stereocenters. The van der Waals surface area contributed by atoms with Crippen LogP contribution in [0.2, 0.25) is 10.0 Å². The topological polar surface area (TPSA) is 94.3 Å². The molecule has 8 nitrogen and oxygen atoms in total. The first-order chi connectivity index (χ1) is 19.8. The molecule has 0 bridgehead atoms. The monoisotopic (exact) mass is 613 g/mol. The first kappa shape index (κ1) is 29.1. The van der Waals surface area contributed by atoms with Crippen LogP contribution in [0.3, 0.4) is 0 Å². The van der Waals surface area contributed by atoms with Gasteiger partial charge in [-0.2, -0.15) is 0 Å². The molecule has 214 valence electrons.